The van der Waals surface area contributed by atoms with Crippen LogP contribution in [0.1, 0.15) is 5.56 Å². The van der Waals surface area contributed by atoms with E-state index in [4.69, 9.17) is 4.74 Å². The summed E-state index contributed by atoms with van der Waals surface area (Å²) in [5.41, 5.74) is 1.44. The minimum atomic E-state index is -3.71. The van der Waals surface area contributed by atoms with E-state index in [9.17, 15) is 8.42 Å². The molecule has 2 N–H and O–H groups in total. The lowest BCUT2D eigenvalue weighted by Gasteiger charge is -2.10. The van der Waals surface area contributed by atoms with Crippen molar-refractivity contribution in [3.05, 3.63) is 66.2 Å². The molecular formula is C18H18N4O3S. The molecule has 134 valence electrons. The average Bonchev–Trinajstić information content (AvgIpc) is 2.63. The third-order valence-corrected chi connectivity index (χ3v) is 5.14. The van der Waals surface area contributed by atoms with Crippen LogP contribution in [0.25, 0.3) is 0 Å². The summed E-state index contributed by atoms with van der Waals surface area (Å²) >= 11 is 0. The predicted molar refractivity (Wildman–Crippen MR) is 100 cm³/mol. The van der Waals surface area contributed by atoms with Gasteiger partial charge in [-0.2, -0.15) is 0 Å². The summed E-state index contributed by atoms with van der Waals surface area (Å²) in [6.07, 6.45) is 0. The number of benzene rings is 2. The smallest absolute Gasteiger partial charge is 0.263 e. The summed E-state index contributed by atoms with van der Waals surface area (Å²) in [6.45, 7) is 1.74. The van der Waals surface area contributed by atoms with Crippen LogP contribution in [0.2, 0.25) is 0 Å². The Kier molecular flexibility index (Phi) is 5.04. The molecule has 8 heteroatoms. The first kappa shape index (κ1) is 17.7. The van der Waals surface area contributed by atoms with E-state index >= 15 is 0 Å². The van der Waals surface area contributed by atoms with Crippen molar-refractivity contribution in [2.75, 3.05) is 17.1 Å². The van der Waals surface area contributed by atoms with Crippen LogP contribution in [0.15, 0.2) is 65.6 Å². The fourth-order valence-corrected chi connectivity index (χ4v) is 3.60. The number of nitrogens with zero attached hydrogens (tertiary/aromatic N) is 2. The quantitative estimate of drug-likeness (QED) is 0.691. The summed E-state index contributed by atoms with van der Waals surface area (Å²) in [6, 6.07) is 17.3. The van der Waals surface area contributed by atoms with Crippen LogP contribution in [0.5, 0.6) is 5.75 Å². The third-order valence-electron chi connectivity index (χ3n) is 3.63. The van der Waals surface area contributed by atoms with Crippen molar-refractivity contribution in [3.8, 4) is 5.75 Å². The Morgan fingerprint density at radius 2 is 1.65 bits per heavy atom. The highest BCUT2D eigenvalue weighted by Gasteiger charge is 2.17. The monoisotopic (exact) mass is 370 g/mol. The van der Waals surface area contributed by atoms with Crippen molar-refractivity contribution < 1.29 is 13.2 Å². The molecule has 0 bridgehead atoms. The van der Waals surface area contributed by atoms with Crippen molar-refractivity contribution in [3.63, 3.8) is 0 Å². The van der Waals surface area contributed by atoms with Crippen LogP contribution in [-0.4, -0.2) is 25.7 Å². The van der Waals surface area contributed by atoms with E-state index in [-0.39, 0.29) is 10.7 Å². The molecule has 0 spiro atoms. The molecule has 3 aromatic rings. The Balaban J connectivity index is 1.74. The van der Waals surface area contributed by atoms with Gasteiger partial charge in [0.2, 0.25) is 0 Å². The Bertz CT molecular complexity index is 1000. The van der Waals surface area contributed by atoms with Gasteiger partial charge in [0.05, 0.1) is 12.0 Å². The maximum Gasteiger partial charge on any atom is 0.263 e. The van der Waals surface area contributed by atoms with Gasteiger partial charge in [-0.1, -0.05) is 24.3 Å². The average molecular weight is 370 g/mol. The van der Waals surface area contributed by atoms with E-state index in [0.29, 0.717) is 17.1 Å². The van der Waals surface area contributed by atoms with Gasteiger partial charge in [0, 0.05) is 11.8 Å². The van der Waals surface area contributed by atoms with E-state index in [1.807, 2.05) is 24.3 Å². The molecule has 7 nitrogen and oxygen atoms in total. The fraction of sp³-hybridized carbons (Fsp3) is 0.111. The molecule has 0 unspecified atom stereocenters. The number of hydrogen-bond acceptors (Lipinski definition) is 6. The Hall–Kier alpha value is -3.13. The third kappa shape index (κ3) is 4.09. The first-order valence-corrected chi connectivity index (χ1v) is 9.29. The number of aryl methyl sites for hydroxylation is 1. The van der Waals surface area contributed by atoms with E-state index in [0.717, 1.165) is 5.69 Å². The van der Waals surface area contributed by atoms with Crippen LogP contribution in [0, 0.1) is 6.92 Å². The lowest BCUT2D eigenvalue weighted by molar-refractivity contribution is 0.415. The molecule has 0 radical (unpaired) electrons. The molecule has 0 saturated carbocycles. The molecule has 0 amide bonds. The second kappa shape index (κ2) is 7.40. The highest BCUT2D eigenvalue weighted by Crippen LogP contribution is 2.21. The number of methoxy groups -OCH3 is 1. The summed E-state index contributed by atoms with van der Waals surface area (Å²) < 4.78 is 32.5. The van der Waals surface area contributed by atoms with Crippen LogP contribution in [0.4, 0.5) is 17.3 Å². The zero-order valence-corrected chi connectivity index (χ0v) is 15.1. The first-order valence-electron chi connectivity index (χ1n) is 7.81. The summed E-state index contributed by atoms with van der Waals surface area (Å²) in [4.78, 5) is 0.209. The van der Waals surface area contributed by atoms with Crippen LogP contribution >= 0.6 is 0 Å². The standard InChI is InChI=1S/C18H18N4O3S/c1-13-6-3-4-9-16(13)26(23,24)22-18-11-10-17(20-21-18)19-14-7-5-8-15(12-14)25-2/h3-12H,1-2H3,(H,19,20)(H,21,22). The molecule has 1 aromatic heterocycles. The predicted octanol–water partition coefficient (Wildman–Crippen LogP) is 3.34. The van der Waals surface area contributed by atoms with Gasteiger partial charge in [-0.15, -0.1) is 10.2 Å². The highest BCUT2D eigenvalue weighted by molar-refractivity contribution is 7.92. The van der Waals surface area contributed by atoms with Gasteiger partial charge in [-0.3, -0.25) is 4.72 Å². The molecule has 26 heavy (non-hydrogen) atoms. The second-order valence-corrected chi connectivity index (χ2v) is 7.18. The van der Waals surface area contributed by atoms with E-state index in [2.05, 4.69) is 20.2 Å². The SMILES string of the molecule is COc1cccc(Nc2ccc(NS(=O)(=O)c3ccccc3C)nn2)c1. The van der Waals surface area contributed by atoms with Crippen LogP contribution in [0.3, 0.4) is 0 Å². The number of nitrogens with one attached hydrogen (secondary N) is 2. The maximum absolute atomic E-state index is 12.5. The van der Waals surface area contributed by atoms with E-state index in [1.54, 1.807) is 50.4 Å². The van der Waals surface area contributed by atoms with E-state index < -0.39 is 10.0 Å². The largest absolute Gasteiger partial charge is 0.497 e. The van der Waals surface area contributed by atoms with Gasteiger partial charge in [0.15, 0.2) is 11.6 Å². The normalized spacial score (nSPS) is 11.0. The van der Waals surface area contributed by atoms with Crippen LogP contribution < -0.4 is 14.8 Å². The Labute approximate surface area is 152 Å². The molecule has 0 fully saturated rings. The molecule has 0 aliphatic heterocycles. The zero-order chi connectivity index (χ0) is 18.6. The first-order chi connectivity index (χ1) is 12.5. The van der Waals surface area contributed by atoms with Gasteiger partial charge in [0.25, 0.3) is 10.0 Å². The summed E-state index contributed by atoms with van der Waals surface area (Å²) in [5.74, 6) is 1.34. The summed E-state index contributed by atoms with van der Waals surface area (Å²) in [7, 11) is -2.12. The fourth-order valence-electron chi connectivity index (χ4n) is 2.35. The molecule has 3 rings (SSSR count). The van der Waals surface area contributed by atoms with Crippen molar-refractivity contribution in [2.24, 2.45) is 0 Å². The van der Waals surface area contributed by atoms with Crippen molar-refractivity contribution in [1.82, 2.24) is 10.2 Å². The molecule has 1 heterocycles. The van der Waals surface area contributed by atoms with Gasteiger partial charge in [-0.05, 0) is 42.8 Å². The number of aromatic nitrogens is 2. The van der Waals surface area contributed by atoms with Gasteiger partial charge < -0.3 is 10.1 Å². The topological polar surface area (TPSA) is 93.2 Å². The highest BCUT2D eigenvalue weighted by atomic mass is 32.2. The van der Waals surface area contributed by atoms with Crippen LogP contribution in [-0.2, 0) is 10.0 Å². The molecule has 0 atom stereocenters. The molecule has 0 saturated heterocycles. The number of rotatable bonds is 6. The number of hydrogen-bond donors (Lipinski definition) is 2. The maximum atomic E-state index is 12.5. The minimum Gasteiger partial charge on any atom is -0.497 e. The molecule has 2 aromatic carbocycles. The minimum absolute atomic E-state index is 0.143. The summed E-state index contributed by atoms with van der Waals surface area (Å²) in [5, 5.41) is 11.0. The van der Waals surface area contributed by atoms with Crippen molar-refractivity contribution in [2.45, 2.75) is 11.8 Å². The van der Waals surface area contributed by atoms with Crippen molar-refractivity contribution in [1.29, 1.82) is 0 Å². The van der Waals surface area contributed by atoms with E-state index in [1.165, 1.54) is 0 Å². The molecule has 0 aliphatic carbocycles. The van der Waals surface area contributed by atoms with Gasteiger partial charge in [0.1, 0.15) is 5.75 Å². The zero-order valence-electron chi connectivity index (χ0n) is 14.3. The Morgan fingerprint density at radius 1 is 0.923 bits per heavy atom. The number of anilines is 3. The van der Waals surface area contributed by atoms with Crippen molar-refractivity contribution >= 4 is 27.3 Å². The Morgan fingerprint density at radius 3 is 2.35 bits per heavy atom. The molecule has 0 aliphatic rings. The molecular weight excluding hydrogens is 352 g/mol. The number of sulfonamides is 1. The lowest BCUT2D eigenvalue weighted by Crippen LogP contribution is -2.15. The second-order valence-electron chi connectivity index (χ2n) is 5.53. The van der Waals surface area contributed by atoms with Gasteiger partial charge >= 0.3 is 0 Å². The lowest BCUT2D eigenvalue weighted by atomic mass is 10.2. The van der Waals surface area contributed by atoms with Gasteiger partial charge in [-0.25, -0.2) is 8.42 Å². The number of ether oxygens (including phenoxy) is 1.